The number of carbonyl (C=O) groups is 4. The number of hydrogen-bond acceptors (Lipinski definition) is 7. The van der Waals surface area contributed by atoms with E-state index in [4.69, 9.17) is 4.74 Å². The molecule has 3 aliphatic heterocycles. The van der Waals surface area contributed by atoms with E-state index >= 15 is 0 Å². The van der Waals surface area contributed by atoms with Crippen molar-refractivity contribution in [1.82, 2.24) is 16.0 Å². The number of anilines is 1. The highest BCUT2D eigenvalue weighted by Gasteiger charge is 2.45. The number of carbonyl (C=O) groups excluding carboxylic acids is 4. The maximum atomic E-state index is 13.7. The van der Waals surface area contributed by atoms with Gasteiger partial charge in [-0.05, 0) is 23.6 Å². The minimum atomic E-state index is -1.26. The van der Waals surface area contributed by atoms with Crippen LogP contribution in [0.4, 0.5) is 10.1 Å². The molecule has 3 aliphatic rings. The first-order valence-electron chi connectivity index (χ1n) is 11.9. The molecule has 12 heteroatoms. The highest BCUT2D eigenvalue weighted by Crippen LogP contribution is 2.42. The molecule has 0 aromatic heterocycles. The molecular weight excluding hydrogens is 471 g/mol. The Balaban J connectivity index is 1.55. The van der Waals surface area contributed by atoms with Gasteiger partial charge in [-0.3, -0.25) is 24.1 Å². The predicted molar refractivity (Wildman–Crippen MR) is 127 cm³/mol. The first kappa shape index (κ1) is 25.3. The normalized spacial score (nSPS) is 21.6. The third kappa shape index (κ3) is 5.07. The molecule has 3 heterocycles. The Morgan fingerprint density at radius 3 is 2.81 bits per heavy atom. The van der Waals surface area contributed by atoms with Crippen LogP contribution in [-0.4, -0.2) is 68.1 Å². The average Bonchev–Trinajstić information content (AvgIpc) is 3.52. The summed E-state index contributed by atoms with van der Waals surface area (Å²) in [5.74, 6) is -2.29. The number of halogens is 1. The second-order valence-corrected chi connectivity index (χ2v) is 8.97. The Bertz CT molecular complexity index is 1120. The molecule has 4 rings (SSSR count). The molecule has 0 spiro atoms. The fourth-order valence-electron chi connectivity index (χ4n) is 4.46. The first-order valence-corrected chi connectivity index (χ1v) is 11.9. The Hall–Kier alpha value is -3.83. The third-order valence-electron chi connectivity index (χ3n) is 6.59. The van der Waals surface area contributed by atoms with Crippen LogP contribution in [0.1, 0.15) is 25.8 Å². The quantitative estimate of drug-likeness (QED) is 0.460. The Kier molecular flexibility index (Phi) is 7.61. The SMILES string of the molecule is CC[C@H](C)[C@H](NC(=O)CF)C(=O)N[C@H]1COc2cccc3c2N(C1=O)[C@H](C(=O)NCC1=CCN=N1)C3. The van der Waals surface area contributed by atoms with Crippen molar-refractivity contribution in [1.29, 1.82) is 0 Å². The number of hydrogen-bond donors (Lipinski definition) is 3. The lowest BCUT2D eigenvalue weighted by atomic mass is 9.98. The van der Waals surface area contributed by atoms with Gasteiger partial charge in [0.15, 0.2) is 6.67 Å². The van der Waals surface area contributed by atoms with Crippen LogP contribution < -0.4 is 25.6 Å². The number of rotatable bonds is 9. The summed E-state index contributed by atoms with van der Waals surface area (Å²) in [7, 11) is 0. The molecule has 1 aromatic carbocycles. The summed E-state index contributed by atoms with van der Waals surface area (Å²) in [6.07, 6.45) is 2.63. The Morgan fingerprint density at radius 1 is 1.31 bits per heavy atom. The summed E-state index contributed by atoms with van der Waals surface area (Å²) in [6, 6.07) is 2.32. The number of azo groups is 1. The van der Waals surface area contributed by atoms with Crippen molar-refractivity contribution in [2.45, 2.75) is 44.8 Å². The lowest BCUT2D eigenvalue weighted by molar-refractivity contribution is -0.133. The van der Waals surface area contributed by atoms with Gasteiger partial charge in [-0.25, -0.2) is 4.39 Å². The molecule has 0 aliphatic carbocycles. The smallest absolute Gasteiger partial charge is 0.253 e. The van der Waals surface area contributed by atoms with Gasteiger partial charge in [0.25, 0.3) is 11.8 Å². The summed E-state index contributed by atoms with van der Waals surface area (Å²) in [5.41, 5.74) is 1.92. The topological polar surface area (TPSA) is 142 Å². The molecule has 0 saturated heterocycles. The van der Waals surface area contributed by atoms with Crippen molar-refractivity contribution in [3.63, 3.8) is 0 Å². The zero-order chi connectivity index (χ0) is 25.8. The van der Waals surface area contributed by atoms with Crippen molar-refractivity contribution in [3.8, 4) is 5.75 Å². The van der Waals surface area contributed by atoms with Crippen molar-refractivity contribution >= 4 is 29.3 Å². The standard InChI is InChI=1S/C24H29FN6O5/c1-3-13(2)20(29-19(32)10-25)23(34)28-16-12-36-18-6-4-5-14-9-17(31(21(14)18)24(16)35)22(33)26-11-15-7-8-27-30-15/h4-7,13,16-17,20H,3,8-12H2,1-2H3,(H,26,33)(H,28,34)(H,29,32)/t13-,16-,17-,20-/m0/s1. The van der Waals surface area contributed by atoms with Gasteiger partial charge in [0, 0.05) is 6.42 Å². The summed E-state index contributed by atoms with van der Waals surface area (Å²) >= 11 is 0. The summed E-state index contributed by atoms with van der Waals surface area (Å²) in [5, 5.41) is 15.6. The molecule has 0 unspecified atom stereocenters. The molecule has 11 nitrogen and oxygen atoms in total. The van der Waals surface area contributed by atoms with Gasteiger partial charge in [-0.15, -0.1) is 0 Å². The maximum absolute atomic E-state index is 13.7. The van der Waals surface area contributed by atoms with Gasteiger partial charge in [0.2, 0.25) is 11.8 Å². The fourth-order valence-corrected chi connectivity index (χ4v) is 4.46. The Labute approximate surface area is 207 Å². The van der Waals surface area contributed by atoms with E-state index in [1.807, 2.05) is 13.0 Å². The molecule has 1 aromatic rings. The predicted octanol–water partition coefficient (Wildman–Crippen LogP) is 0.788. The van der Waals surface area contributed by atoms with E-state index in [0.717, 1.165) is 5.56 Å². The molecule has 36 heavy (non-hydrogen) atoms. The van der Waals surface area contributed by atoms with Gasteiger partial charge in [-0.2, -0.15) is 10.2 Å². The van der Waals surface area contributed by atoms with E-state index in [1.54, 1.807) is 25.1 Å². The number of alkyl halides is 1. The summed E-state index contributed by atoms with van der Waals surface area (Å²) in [6.45, 7) is 2.81. The van der Waals surface area contributed by atoms with Crippen molar-refractivity contribution < 1.29 is 28.3 Å². The number of para-hydroxylation sites is 1. The molecule has 0 bridgehead atoms. The molecule has 0 saturated carbocycles. The monoisotopic (exact) mass is 500 g/mol. The zero-order valence-corrected chi connectivity index (χ0v) is 20.1. The van der Waals surface area contributed by atoms with Crippen molar-refractivity contribution in [2.75, 3.05) is 31.3 Å². The number of nitrogens with zero attached hydrogens (tertiary/aromatic N) is 3. The lowest BCUT2D eigenvalue weighted by Gasteiger charge is -2.28. The van der Waals surface area contributed by atoms with E-state index in [9.17, 15) is 23.6 Å². The average molecular weight is 501 g/mol. The second kappa shape index (κ2) is 10.8. The van der Waals surface area contributed by atoms with Gasteiger partial charge < -0.3 is 20.7 Å². The molecule has 3 N–H and O–H groups in total. The largest absolute Gasteiger partial charge is 0.489 e. The van der Waals surface area contributed by atoms with Crippen LogP contribution in [0, 0.1) is 5.92 Å². The molecule has 4 atom stereocenters. The van der Waals surface area contributed by atoms with Gasteiger partial charge in [0.1, 0.15) is 30.5 Å². The van der Waals surface area contributed by atoms with E-state index < -0.39 is 42.5 Å². The molecule has 4 amide bonds. The summed E-state index contributed by atoms with van der Waals surface area (Å²) < 4.78 is 18.7. The maximum Gasteiger partial charge on any atom is 0.253 e. The number of benzene rings is 1. The number of nitrogens with one attached hydrogen (secondary N) is 3. The van der Waals surface area contributed by atoms with Gasteiger partial charge in [-0.1, -0.05) is 32.4 Å². The third-order valence-corrected chi connectivity index (χ3v) is 6.59. The minimum absolute atomic E-state index is 0.163. The fraction of sp³-hybridized carbons (Fsp3) is 0.500. The van der Waals surface area contributed by atoms with E-state index in [0.29, 0.717) is 30.1 Å². The molecular formula is C24H29FN6O5. The molecule has 0 radical (unpaired) electrons. The number of ether oxygens (including phenoxy) is 1. The molecule has 0 fully saturated rings. The first-order chi connectivity index (χ1) is 17.3. The van der Waals surface area contributed by atoms with Crippen LogP contribution in [0.3, 0.4) is 0 Å². The highest BCUT2D eigenvalue weighted by atomic mass is 19.1. The number of amides is 4. The van der Waals surface area contributed by atoms with Crippen LogP contribution in [0.5, 0.6) is 5.75 Å². The minimum Gasteiger partial charge on any atom is -0.489 e. The van der Waals surface area contributed by atoms with E-state index in [1.165, 1.54) is 4.90 Å². The van der Waals surface area contributed by atoms with Crippen LogP contribution in [0.25, 0.3) is 0 Å². The highest BCUT2D eigenvalue weighted by molar-refractivity contribution is 6.08. The molecule has 192 valence electrons. The van der Waals surface area contributed by atoms with Crippen LogP contribution in [0.15, 0.2) is 40.2 Å². The van der Waals surface area contributed by atoms with Crippen LogP contribution in [0.2, 0.25) is 0 Å². The van der Waals surface area contributed by atoms with Gasteiger partial charge >= 0.3 is 0 Å². The summed E-state index contributed by atoms with van der Waals surface area (Å²) in [4.78, 5) is 52.9. The lowest BCUT2D eigenvalue weighted by Crippen LogP contribution is -2.59. The van der Waals surface area contributed by atoms with E-state index in [-0.39, 0.29) is 31.4 Å². The zero-order valence-electron chi connectivity index (χ0n) is 20.1. The second-order valence-electron chi connectivity index (χ2n) is 8.97. The van der Waals surface area contributed by atoms with Crippen LogP contribution >= 0.6 is 0 Å². The van der Waals surface area contributed by atoms with Gasteiger partial charge in [0.05, 0.1) is 24.5 Å². The van der Waals surface area contributed by atoms with Crippen LogP contribution in [-0.2, 0) is 25.6 Å². The van der Waals surface area contributed by atoms with Crippen molar-refractivity contribution in [3.05, 3.63) is 35.5 Å². The van der Waals surface area contributed by atoms with Crippen molar-refractivity contribution in [2.24, 2.45) is 16.1 Å². The van der Waals surface area contributed by atoms with E-state index in [2.05, 4.69) is 26.2 Å². The Morgan fingerprint density at radius 2 is 2.11 bits per heavy atom.